The van der Waals surface area contributed by atoms with Crippen molar-refractivity contribution in [3.63, 3.8) is 0 Å². The molecule has 4 aromatic rings. The number of methoxy groups -OCH3 is 1. The normalized spacial score (nSPS) is 14.4. The van der Waals surface area contributed by atoms with Crippen LogP contribution >= 0.6 is 0 Å². The standard InChI is InChI=1S/C26H27N5O5S/c1-15(2)11-12-31-26(33)22(25-27-19-10-9-16(36-4)13-21(19)37(34,35)29-25)24(32)23(28-31)18-14-30(3)20-8-6-5-7-17(18)20/h5-10,13-15,32H,11-12H2,1-4H3,(H,27,29). The first kappa shape index (κ1) is 24.6. The third kappa shape index (κ3) is 4.25. The Morgan fingerprint density at radius 3 is 2.65 bits per heavy atom. The van der Waals surface area contributed by atoms with Gasteiger partial charge in [-0.05, 0) is 30.5 Å². The molecule has 0 radical (unpaired) electrons. The predicted octanol–water partition coefficient (Wildman–Crippen LogP) is 3.53. The number of aromatic nitrogens is 3. The molecule has 0 bridgehead atoms. The first-order chi connectivity index (χ1) is 17.6. The Labute approximate surface area is 213 Å². The van der Waals surface area contributed by atoms with Crippen molar-refractivity contribution in [3.8, 4) is 22.8 Å². The van der Waals surface area contributed by atoms with Crippen LogP contribution in [-0.2, 0) is 23.6 Å². The molecule has 0 saturated heterocycles. The average molecular weight is 522 g/mol. The summed E-state index contributed by atoms with van der Waals surface area (Å²) in [6.07, 6.45) is 2.48. The zero-order chi connectivity index (χ0) is 26.5. The molecule has 37 heavy (non-hydrogen) atoms. The number of nitrogens with one attached hydrogen (secondary N) is 1. The van der Waals surface area contributed by atoms with Gasteiger partial charge in [-0.2, -0.15) is 5.10 Å². The molecular formula is C26H27N5O5S. The fourth-order valence-electron chi connectivity index (χ4n) is 4.38. The van der Waals surface area contributed by atoms with Gasteiger partial charge in [-0.1, -0.05) is 32.0 Å². The Balaban J connectivity index is 1.78. The fraction of sp³-hybridized carbons (Fsp3) is 0.269. The summed E-state index contributed by atoms with van der Waals surface area (Å²) in [6.45, 7) is 4.35. The highest BCUT2D eigenvalue weighted by Crippen LogP contribution is 2.37. The van der Waals surface area contributed by atoms with Crippen molar-refractivity contribution in [1.82, 2.24) is 19.1 Å². The number of hydrogen-bond donors (Lipinski definition) is 2. The molecule has 10 nitrogen and oxygen atoms in total. The SMILES string of the molecule is COc1ccc2c(c1)S(=O)(=O)NC(c1c(O)c(-c3cn(C)c4ccccc34)nn(CCC(C)C)c1=O)=N2. The van der Waals surface area contributed by atoms with Gasteiger partial charge in [0.1, 0.15) is 21.9 Å². The number of aliphatic imine (C=N–C) groups is 1. The maximum Gasteiger partial charge on any atom is 0.281 e. The summed E-state index contributed by atoms with van der Waals surface area (Å²) >= 11 is 0. The highest BCUT2D eigenvalue weighted by atomic mass is 32.2. The number of amidine groups is 1. The van der Waals surface area contributed by atoms with Gasteiger partial charge in [0.15, 0.2) is 11.6 Å². The van der Waals surface area contributed by atoms with Crippen LogP contribution in [0.3, 0.4) is 0 Å². The minimum atomic E-state index is -4.10. The Morgan fingerprint density at radius 1 is 1.16 bits per heavy atom. The van der Waals surface area contributed by atoms with E-state index in [1.807, 2.05) is 55.9 Å². The lowest BCUT2D eigenvalue weighted by atomic mass is 10.1. The van der Waals surface area contributed by atoms with Crippen LogP contribution in [-0.4, -0.2) is 40.8 Å². The molecule has 0 fully saturated rings. The maximum atomic E-state index is 13.6. The van der Waals surface area contributed by atoms with E-state index in [0.717, 1.165) is 10.9 Å². The minimum absolute atomic E-state index is 0.0847. The van der Waals surface area contributed by atoms with E-state index in [2.05, 4.69) is 14.8 Å². The van der Waals surface area contributed by atoms with Crippen molar-refractivity contribution >= 4 is 32.4 Å². The van der Waals surface area contributed by atoms with E-state index >= 15 is 0 Å². The first-order valence-electron chi connectivity index (χ1n) is 11.8. The summed E-state index contributed by atoms with van der Waals surface area (Å²) in [6, 6.07) is 12.1. The van der Waals surface area contributed by atoms with Gasteiger partial charge in [-0.25, -0.2) is 18.1 Å². The van der Waals surface area contributed by atoms with Crippen molar-refractivity contribution in [2.75, 3.05) is 7.11 Å². The topological polar surface area (TPSA) is 128 Å². The van der Waals surface area contributed by atoms with Crippen molar-refractivity contribution < 1.29 is 18.3 Å². The zero-order valence-electron chi connectivity index (χ0n) is 20.9. The number of ether oxygens (including phenoxy) is 1. The number of benzene rings is 2. The van der Waals surface area contributed by atoms with Gasteiger partial charge in [0.2, 0.25) is 0 Å². The quantitative estimate of drug-likeness (QED) is 0.400. The highest BCUT2D eigenvalue weighted by molar-refractivity contribution is 7.90. The van der Waals surface area contributed by atoms with E-state index in [4.69, 9.17) is 4.74 Å². The van der Waals surface area contributed by atoms with Crippen molar-refractivity contribution in [1.29, 1.82) is 0 Å². The lowest BCUT2D eigenvalue weighted by Crippen LogP contribution is -2.39. The third-order valence-corrected chi connectivity index (χ3v) is 7.73. The number of aromatic hydroxyl groups is 1. The third-order valence-electron chi connectivity index (χ3n) is 6.36. The summed E-state index contributed by atoms with van der Waals surface area (Å²) in [5.41, 5.74) is 0.925. The largest absolute Gasteiger partial charge is 0.505 e. The summed E-state index contributed by atoms with van der Waals surface area (Å²) in [5.74, 6) is -0.0638. The van der Waals surface area contributed by atoms with E-state index in [1.165, 1.54) is 23.9 Å². The van der Waals surface area contributed by atoms with E-state index in [-0.39, 0.29) is 34.2 Å². The van der Waals surface area contributed by atoms with Crippen molar-refractivity contribution in [3.05, 3.63) is 64.6 Å². The Morgan fingerprint density at radius 2 is 1.92 bits per heavy atom. The van der Waals surface area contributed by atoms with E-state index < -0.39 is 21.3 Å². The average Bonchev–Trinajstić information content (AvgIpc) is 3.19. The summed E-state index contributed by atoms with van der Waals surface area (Å²) in [4.78, 5) is 17.9. The molecule has 0 spiro atoms. The molecule has 5 rings (SSSR count). The minimum Gasteiger partial charge on any atom is -0.505 e. The number of hydrogen-bond acceptors (Lipinski definition) is 7. The van der Waals surface area contributed by atoms with Crippen LogP contribution in [0.15, 0.2) is 63.3 Å². The van der Waals surface area contributed by atoms with Crippen LogP contribution < -0.4 is 15.0 Å². The number of fused-ring (bicyclic) bond motifs is 2. The van der Waals surface area contributed by atoms with Crippen LogP contribution in [0.2, 0.25) is 0 Å². The molecule has 0 unspecified atom stereocenters. The van der Waals surface area contributed by atoms with Crippen molar-refractivity contribution in [2.45, 2.75) is 31.7 Å². The smallest absolute Gasteiger partial charge is 0.281 e. The first-order valence-corrected chi connectivity index (χ1v) is 13.3. The number of sulfonamides is 1. The number of para-hydroxylation sites is 1. The summed E-state index contributed by atoms with van der Waals surface area (Å²) < 4.78 is 36.9. The van der Waals surface area contributed by atoms with Crippen molar-refractivity contribution in [2.24, 2.45) is 18.0 Å². The molecule has 2 aromatic heterocycles. The lowest BCUT2D eigenvalue weighted by molar-refractivity contribution is 0.413. The predicted molar refractivity (Wildman–Crippen MR) is 141 cm³/mol. The lowest BCUT2D eigenvalue weighted by Gasteiger charge is -2.20. The van der Waals surface area contributed by atoms with E-state index in [0.29, 0.717) is 23.7 Å². The van der Waals surface area contributed by atoms with Gasteiger partial charge in [0, 0.05) is 42.3 Å². The maximum absolute atomic E-state index is 13.6. The second-order valence-corrected chi connectivity index (χ2v) is 11.0. The molecule has 1 aliphatic rings. The monoisotopic (exact) mass is 521 g/mol. The molecule has 0 atom stereocenters. The number of aryl methyl sites for hydroxylation is 2. The van der Waals surface area contributed by atoms with Gasteiger partial charge >= 0.3 is 0 Å². The van der Waals surface area contributed by atoms with Crippen LogP contribution in [0, 0.1) is 5.92 Å². The molecule has 0 saturated carbocycles. The second-order valence-electron chi connectivity index (χ2n) is 9.35. The highest BCUT2D eigenvalue weighted by Gasteiger charge is 2.32. The van der Waals surface area contributed by atoms with Gasteiger partial charge in [0.25, 0.3) is 15.6 Å². The molecule has 11 heteroatoms. The summed E-state index contributed by atoms with van der Waals surface area (Å²) in [7, 11) is -0.785. The number of nitrogens with zero attached hydrogens (tertiary/aromatic N) is 4. The van der Waals surface area contributed by atoms with E-state index in [1.54, 1.807) is 6.07 Å². The van der Waals surface area contributed by atoms with Gasteiger partial charge in [0.05, 0.1) is 12.8 Å². The molecule has 0 amide bonds. The molecule has 2 aromatic carbocycles. The summed E-state index contributed by atoms with van der Waals surface area (Å²) in [5, 5.41) is 16.8. The Kier molecular flexibility index (Phi) is 6.03. The van der Waals surface area contributed by atoms with E-state index in [9.17, 15) is 18.3 Å². The van der Waals surface area contributed by atoms with Crippen LogP contribution in [0.4, 0.5) is 5.69 Å². The number of rotatable bonds is 6. The molecule has 0 aliphatic carbocycles. The van der Waals surface area contributed by atoms with Crippen LogP contribution in [0.25, 0.3) is 22.2 Å². The molecule has 3 heterocycles. The Bertz CT molecular complexity index is 1730. The van der Waals surface area contributed by atoms with Crippen LogP contribution in [0.1, 0.15) is 25.8 Å². The fourth-order valence-corrected chi connectivity index (χ4v) is 5.55. The van der Waals surface area contributed by atoms with Gasteiger partial charge in [-0.3, -0.25) is 9.52 Å². The molecule has 2 N–H and O–H groups in total. The Hall–Kier alpha value is -4.12. The molecule has 1 aliphatic heterocycles. The van der Waals surface area contributed by atoms with Crippen LogP contribution in [0.5, 0.6) is 11.5 Å². The molecular weight excluding hydrogens is 494 g/mol. The van der Waals surface area contributed by atoms with Gasteiger partial charge in [-0.15, -0.1) is 0 Å². The second kappa shape index (κ2) is 9.07. The zero-order valence-corrected chi connectivity index (χ0v) is 21.7. The van der Waals surface area contributed by atoms with Gasteiger partial charge < -0.3 is 14.4 Å². The molecule has 192 valence electrons.